The number of hydrogen-bond acceptors (Lipinski definition) is 2. The van der Waals surface area contributed by atoms with Crippen LogP contribution >= 0.6 is 0 Å². The van der Waals surface area contributed by atoms with E-state index in [0.29, 0.717) is 0 Å². The molecule has 0 atom stereocenters. The molecule has 1 aliphatic carbocycles. The van der Waals surface area contributed by atoms with Crippen molar-refractivity contribution in [3.63, 3.8) is 0 Å². The van der Waals surface area contributed by atoms with Gasteiger partial charge in [0.25, 0.3) is 0 Å². The first-order valence-corrected chi connectivity index (χ1v) is 21.8. The summed E-state index contributed by atoms with van der Waals surface area (Å²) >= 11 is 0. The molecule has 1 heterocycles. The van der Waals surface area contributed by atoms with Gasteiger partial charge in [0.05, 0.1) is 0 Å². The summed E-state index contributed by atoms with van der Waals surface area (Å²) in [6.07, 6.45) is 0. The van der Waals surface area contributed by atoms with E-state index < -0.39 is 0 Å². The van der Waals surface area contributed by atoms with E-state index in [1.165, 1.54) is 44.2 Å². The van der Waals surface area contributed by atoms with Gasteiger partial charge in [-0.3, -0.25) is 0 Å². The fraction of sp³-hybridized carbons (Fsp3) is 0.0492. The number of nitrogens with zero attached hydrogens (tertiary/aromatic N) is 1. The summed E-state index contributed by atoms with van der Waals surface area (Å²) in [5.41, 5.74) is 19.7. The van der Waals surface area contributed by atoms with Crippen LogP contribution in [0.3, 0.4) is 0 Å². The van der Waals surface area contributed by atoms with Crippen LogP contribution in [0.5, 0.6) is 11.5 Å². The molecule has 0 unspecified atom stereocenters. The second-order valence-corrected chi connectivity index (χ2v) is 17.3. The van der Waals surface area contributed by atoms with E-state index >= 15 is 0 Å². The molecule has 0 amide bonds. The lowest BCUT2D eigenvalue weighted by atomic mass is 9.82. The Hall–Kier alpha value is -7.94. The van der Waals surface area contributed by atoms with Crippen molar-refractivity contribution in [2.75, 3.05) is 4.90 Å². The standard InChI is InChI=1S/C61H43NO/c1-61(2)56-29-17-16-26-50(56)51-32-30-45(37-57(51)61)62(47-35-43(40-18-6-3-7-19-40)34-44(36-47)41-20-8-4-9-21-41)46-31-33-52-48-24-12-14-27-53(48)60-54-28-15-13-25-49(54)55(42-22-10-5-11-23-42)39-59(60)63-58(52)38-46/h3-39H,1-2H3. The second kappa shape index (κ2) is 14.6. The molecule has 1 aliphatic heterocycles. The molecule has 0 fully saturated rings. The maximum absolute atomic E-state index is 7.33. The zero-order valence-corrected chi connectivity index (χ0v) is 35.2. The van der Waals surface area contributed by atoms with Gasteiger partial charge in [-0.25, -0.2) is 0 Å². The van der Waals surface area contributed by atoms with Crippen molar-refractivity contribution >= 4 is 27.8 Å². The molecule has 63 heavy (non-hydrogen) atoms. The van der Waals surface area contributed by atoms with Crippen LogP contribution in [0.15, 0.2) is 224 Å². The molecule has 0 saturated carbocycles. The third-order valence-corrected chi connectivity index (χ3v) is 13.2. The lowest BCUT2D eigenvalue weighted by molar-refractivity contribution is 0.488. The molecule has 0 radical (unpaired) electrons. The van der Waals surface area contributed by atoms with Crippen LogP contribution in [0.2, 0.25) is 0 Å². The number of fused-ring (bicyclic) bond motifs is 10. The van der Waals surface area contributed by atoms with Crippen molar-refractivity contribution in [2.24, 2.45) is 0 Å². The predicted octanol–water partition coefficient (Wildman–Crippen LogP) is 17.1. The first kappa shape index (κ1) is 36.9. The van der Waals surface area contributed by atoms with Crippen molar-refractivity contribution in [3.8, 4) is 78.3 Å². The Kier molecular flexibility index (Phi) is 8.55. The summed E-state index contributed by atoms with van der Waals surface area (Å²) in [6.45, 7) is 4.71. The molecule has 10 aromatic carbocycles. The van der Waals surface area contributed by atoms with Crippen LogP contribution in [0.1, 0.15) is 25.0 Å². The van der Waals surface area contributed by atoms with Crippen LogP contribution in [0.25, 0.3) is 77.5 Å². The van der Waals surface area contributed by atoms with E-state index in [1.807, 2.05) is 0 Å². The Balaban J connectivity index is 1.10. The minimum atomic E-state index is -0.168. The average molecular weight is 806 g/mol. The van der Waals surface area contributed by atoms with Crippen molar-refractivity contribution in [1.29, 1.82) is 0 Å². The first-order valence-electron chi connectivity index (χ1n) is 21.8. The van der Waals surface area contributed by atoms with Crippen LogP contribution in [0.4, 0.5) is 17.1 Å². The van der Waals surface area contributed by atoms with Crippen LogP contribution in [0, 0.1) is 0 Å². The summed E-state index contributed by atoms with van der Waals surface area (Å²) in [5, 5.41) is 2.37. The highest BCUT2D eigenvalue weighted by molar-refractivity contribution is 6.10. The van der Waals surface area contributed by atoms with Crippen LogP contribution in [-0.4, -0.2) is 0 Å². The largest absolute Gasteiger partial charge is 0.456 e. The molecule has 10 aromatic rings. The van der Waals surface area contributed by atoms with Gasteiger partial charge in [-0.15, -0.1) is 0 Å². The van der Waals surface area contributed by atoms with Gasteiger partial charge in [0.1, 0.15) is 11.5 Å². The maximum Gasteiger partial charge on any atom is 0.137 e. The summed E-state index contributed by atoms with van der Waals surface area (Å²) in [6, 6.07) is 81.5. The monoisotopic (exact) mass is 805 g/mol. The Bertz CT molecular complexity index is 3330. The fourth-order valence-electron chi connectivity index (χ4n) is 10.2. The number of anilines is 3. The summed E-state index contributed by atoms with van der Waals surface area (Å²) < 4.78 is 7.33. The van der Waals surface area contributed by atoms with Gasteiger partial charge in [-0.2, -0.15) is 0 Å². The van der Waals surface area contributed by atoms with Gasteiger partial charge in [-0.1, -0.05) is 184 Å². The van der Waals surface area contributed by atoms with Crippen molar-refractivity contribution < 1.29 is 4.74 Å². The third kappa shape index (κ3) is 6.09. The molecule has 298 valence electrons. The molecule has 0 aromatic heterocycles. The Morgan fingerprint density at radius 2 is 0.841 bits per heavy atom. The third-order valence-electron chi connectivity index (χ3n) is 13.2. The Morgan fingerprint density at radius 1 is 0.317 bits per heavy atom. The van der Waals surface area contributed by atoms with Crippen molar-refractivity contribution in [1.82, 2.24) is 0 Å². The van der Waals surface area contributed by atoms with E-state index in [0.717, 1.165) is 73.1 Å². The van der Waals surface area contributed by atoms with E-state index in [2.05, 4.69) is 243 Å². The Labute approximate surface area is 369 Å². The molecule has 2 heteroatoms. The molecule has 0 bridgehead atoms. The van der Waals surface area contributed by atoms with Crippen molar-refractivity contribution in [3.05, 3.63) is 236 Å². The highest BCUT2D eigenvalue weighted by Gasteiger charge is 2.36. The molecule has 0 N–H and O–H groups in total. The summed E-state index contributed by atoms with van der Waals surface area (Å²) in [5.74, 6) is 1.66. The minimum Gasteiger partial charge on any atom is -0.456 e. The normalized spacial score (nSPS) is 12.9. The van der Waals surface area contributed by atoms with E-state index in [4.69, 9.17) is 4.74 Å². The lowest BCUT2D eigenvalue weighted by Gasteiger charge is -2.29. The molecule has 2 nitrogen and oxygen atoms in total. The SMILES string of the molecule is CC1(C)c2ccccc2-c2ccc(N(c3cc(-c4ccccc4)cc(-c4ccccc4)c3)c3ccc4c(c3)Oc3cc(-c5ccccc5)c5ccccc5c3-c3ccccc3-4)cc21. The maximum atomic E-state index is 7.33. The molecular weight excluding hydrogens is 763 g/mol. The quantitative estimate of drug-likeness (QED) is 0.166. The van der Waals surface area contributed by atoms with Gasteiger partial charge in [-0.05, 0) is 126 Å². The number of ether oxygens (including phenoxy) is 1. The number of benzene rings is 10. The molecule has 0 saturated heterocycles. The zero-order chi connectivity index (χ0) is 42.1. The second-order valence-electron chi connectivity index (χ2n) is 17.3. The van der Waals surface area contributed by atoms with Crippen LogP contribution in [-0.2, 0) is 5.41 Å². The zero-order valence-electron chi connectivity index (χ0n) is 35.2. The van der Waals surface area contributed by atoms with E-state index in [9.17, 15) is 0 Å². The predicted molar refractivity (Wildman–Crippen MR) is 263 cm³/mol. The highest BCUT2D eigenvalue weighted by Crippen LogP contribution is 2.54. The molecule has 0 spiro atoms. The summed E-state index contributed by atoms with van der Waals surface area (Å²) in [7, 11) is 0. The topological polar surface area (TPSA) is 12.5 Å². The van der Waals surface area contributed by atoms with E-state index in [1.54, 1.807) is 0 Å². The van der Waals surface area contributed by atoms with Crippen molar-refractivity contribution in [2.45, 2.75) is 19.3 Å². The number of hydrogen-bond donors (Lipinski definition) is 0. The molecular formula is C61H43NO. The fourth-order valence-corrected chi connectivity index (χ4v) is 10.2. The van der Waals surface area contributed by atoms with Gasteiger partial charge in [0, 0.05) is 39.7 Å². The lowest BCUT2D eigenvalue weighted by Crippen LogP contribution is -2.16. The smallest absolute Gasteiger partial charge is 0.137 e. The summed E-state index contributed by atoms with van der Waals surface area (Å²) in [4.78, 5) is 2.43. The van der Waals surface area contributed by atoms with Gasteiger partial charge >= 0.3 is 0 Å². The highest BCUT2D eigenvalue weighted by atomic mass is 16.5. The van der Waals surface area contributed by atoms with Crippen LogP contribution < -0.4 is 9.64 Å². The van der Waals surface area contributed by atoms with Gasteiger partial charge < -0.3 is 9.64 Å². The Morgan fingerprint density at radius 3 is 1.52 bits per heavy atom. The van der Waals surface area contributed by atoms with Gasteiger partial charge in [0.15, 0.2) is 0 Å². The van der Waals surface area contributed by atoms with Gasteiger partial charge in [0.2, 0.25) is 0 Å². The molecule has 12 rings (SSSR count). The minimum absolute atomic E-state index is 0.168. The average Bonchev–Trinajstić information content (AvgIpc) is 3.47. The van der Waals surface area contributed by atoms with E-state index in [-0.39, 0.29) is 5.41 Å². The number of rotatable bonds is 6. The molecule has 2 aliphatic rings. The first-order chi connectivity index (χ1) is 31.0.